The number of halogens is 3. The number of nitrogens with one attached hydrogen (secondary N) is 1. The number of nitrogens with zero attached hydrogens (tertiary/aromatic N) is 2. The Morgan fingerprint density at radius 3 is 2.73 bits per heavy atom. The number of hydrogen-bond acceptors (Lipinski definition) is 2. The average Bonchev–Trinajstić information content (AvgIpc) is 3.00. The van der Waals surface area contributed by atoms with Gasteiger partial charge in [0, 0.05) is 18.0 Å². The molecule has 6 heteroatoms. The van der Waals surface area contributed by atoms with Crippen LogP contribution >= 0.6 is 0 Å². The van der Waals surface area contributed by atoms with Crippen LogP contribution in [0.3, 0.4) is 0 Å². The van der Waals surface area contributed by atoms with Gasteiger partial charge in [0.25, 0.3) is 0 Å². The van der Waals surface area contributed by atoms with E-state index in [0.717, 1.165) is 49.5 Å². The molecule has 1 saturated carbocycles. The van der Waals surface area contributed by atoms with Gasteiger partial charge in [-0.25, -0.2) is 4.68 Å². The van der Waals surface area contributed by atoms with Crippen LogP contribution in [0.5, 0.6) is 0 Å². The van der Waals surface area contributed by atoms with E-state index < -0.39 is 11.7 Å². The van der Waals surface area contributed by atoms with Gasteiger partial charge in [-0.15, -0.1) is 0 Å². The minimum absolute atomic E-state index is 0.464. The molecule has 1 N–H and O–H groups in total. The minimum atomic E-state index is -4.34. The van der Waals surface area contributed by atoms with E-state index in [9.17, 15) is 13.2 Å². The number of hydrogen-bond donors (Lipinski definition) is 1. The normalized spacial score (nSPS) is 18.0. The third kappa shape index (κ3) is 2.09. The Bertz CT molecular complexity index is 714. The molecule has 0 unspecified atom stereocenters. The van der Waals surface area contributed by atoms with Crippen LogP contribution < -0.4 is 5.32 Å². The van der Waals surface area contributed by atoms with E-state index >= 15 is 0 Å². The second kappa shape index (κ2) is 4.76. The lowest BCUT2D eigenvalue weighted by molar-refractivity contribution is -0.137. The minimum Gasteiger partial charge on any atom is -0.369 e. The molecule has 0 amide bonds. The molecular weight excluding hydrogens is 291 g/mol. The highest BCUT2D eigenvalue weighted by molar-refractivity contribution is 5.58. The van der Waals surface area contributed by atoms with Gasteiger partial charge in [0.1, 0.15) is 5.82 Å². The number of benzene rings is 1. The summed E-state index contributed by atoms with van der Waals surface area (Å²) >= 11 is 0. The summed E-state index contributed by atoms with van der Waals surface area (Å²) < 4.78 is 40.4. The molecule has 1 fully saturated rings. The summed E-state index contributed by atoms with van der Waals surface area (Å²) in [5, 5.41) is 7.90. The molecule has 1 aliphatic carbocycles. The summed E-state index contributed by atoms with van der Waals surface area (Å²) in [4.78, 5) is 0. The highest BCUT2D eigenvalue weighted by atomic mass is 19.4. The molecule has 0 spiro atoms. The van der Waals surface area contributed by atoms with E-state index in [1.165, 1.54) is 18.1 Å². The second-order valence-corrected chi connectivity index (χ2v) is 5.98. The Kier molecular flexibility index (Phi) is 2.96. The number of rotatable bonds is 2. The molecule has 0 saturated heterocycles. The Balaban J connectivity index is 1.80. The standard InChI is InChI=1S/C16H16F3N3/c17-16(18,19)11-5-2-6-12(9-11)22-15-13(7-8-20-15)14(21-22)10-3-1-4-10/h2,5-6,9-10,20H,1,3-4,7-8H2. The van der Waals surface area contributed by atoms with E-state index in [2.05, 4.69) is 10.4 Å². The van der Waals surface area contributed by atoms with Gasteiger partial charge in [0.2, 0.25) is 0 Å². The van der Waals surface area contributed by atoms with Crippen LogP contribution in [-0.4, -0.2) is 16.3 Å². The summed E-state index contributed by atoms with van der Waals surface area (Å²) in [5.74, 6) is 1.34. The fourth-order valence-corrected chi connectivity index (χ4v) is 3.21. The fourth-order valence-electron chi connectivity index (χ4n) is 3.21. The number of aromatic nitrogens is 2. The zero-order valence-corrected chi connectivity index (χ0v) is 12.0. The summed E-state index contributed by atoms with van der Waals surface area (Å²) in [5.41, 5.74) is 2.08. The second-order valence-electron chi connectivity index (χ2n) is 5.98. The van der Waals surface area contributed by atoms with Crippen LogP contribution in [0.15, 0.2) is 24.3 Å². The van der Waals surface area contributed by atoms with Crippen LogP contribution in [0, 0.1) is 0 Å². The molecule has 22 heavy (non-hydrogen) atoms. The molecule has 1 aromatic heterocycles. The Morgan fingerprint density at radius 2 is 2.05 bits per heavy atom. The van der Waals surface area contributed by atoms with Gasteiger partial charge < -0.3 is 5.32 Å². The first kappa shape index (κ1) is 13.7. The SMILES string of the molecule is FC(F)(F)c1cccc(-n2nc(C3CCC3)c3c2NCC3)c1. The highest BCUT2D eigenvalue weighted by Crippen LogP contribution is 2.41. The van der Waals surface area contributed by atoms with Gasteiger partial charge in [-0.3, -0.25) is 0 Å². The lowest BCUT2D eigenvalue weighted by Crippen LogP contribution is -2.13. The number of anilines is 1. The van der Waals surface area contributed by atoms with Gasteiger partial charge >= 0.3 is 6.18 Å². The van der Waals surface area contributed by atoms with Crippen LogP contribution in [0.25, 0.3) is 5.69 Å². The zero-order valence-electron chi connectivity index (χ0n) is 12.0. The third-order valence-corrected chi connectivity index (χ3v) is 4.59. The maximum atomic E-state index is 12.9. The largest absolute Gasteiger partial charge is 0.416 e. The molecule has 0 bridgehead atoms. The molecule has 0 atom stereocenters. The van der Waals surface area contributed by atoms with Crippen molar-refractivity contribution in [3.8, 4) is 5.69 Å². The maximum absolute atomic E-state index is 12.9. The van der Waals surface area contributed by atoms with Crippen molar-refractivity contribution in [3.05, 3.63) is 41.1 Å². The van der Waals surface area contributed by atoms with E-state index in [4.69, 9.17) is 0 Å². The molecule has 4 rings (SSSR count). The van der Waals surface area contributed by atoms with Gasteiger partial charge in [-0.05, 0) is 37.5 Å². The summed E-state index contributed by atoms with van der Waals surface area (Å²) in [6, 6.07) is 5.36. The molecule has 2 aromatic rings. The average molecular weight is 307 g/mol. The van der Waals surface area contributed by atoms with Crippen LogP contribution in [0.4, 0.5) is 19.0 Å². The topological polar surface area (TPSA) is 29.9 Å². The smallest absolute Gasteiger partial charge is 0.369 e. The zero-order chi connectivity index (χ0) is 15.3. The van der Waals surface area contributed by atoms with Crippen molar-refractivity contribution in [1.29, 1.82) is 0 Å². The molecule has 116 valence electrons. The van der Waals surface area contributed by atoms with Crippen LogP contribution in [0.1, 0.15) is 42.0 Å². The Hall–Kier alpha value is -1.98. The molecule has 3 nitrogen and oxygen atoms in total. The van der Waals surface area contributed by atoms with Gasteiger partial charge in [-0.2, -0.15) is 18.3 Å². The van der Waals surface area contributed by atoms with E-state index in [0.29, 0.717) is 11.6 Å². The Morgan fingerprint density at radius 1 is 1.23 bits per heavy atom. The van der Waals surface area contributed by atoms with Crippen molar-refractivity contribution >= 4 is 5.82 Å². The lowest BCUT2D eigenvalue weighted by Gasteiger charge is -2.24. The fraction of sp³-hybridized carbons (Fsp3) is 0.438. The predicted octanol–water partition coefficient (Wildman–Crippen LogP) is 4.13. The lowest BCUT2D eigenvalue weighted by atomic mass is 9.81. The van der Waals surface area contributed by atoms with Gasteiger partial charge in [0.15, 0.2) is 0 Å². The molecule has 2 heterocycles. The number of fused-ring (bicyclic) bond motifs is 1. The van der Waals surface area contributed by atoms with E-state index in [1.807, 2.05) is 0 Å². The predicted molar refractivity (Wildman–Crippen MR) is 77.4 cm³/mol. The molecule has 1 aromatic carbocycles. The monoisotopic (exact) mass is 307 g/mol. The van der Waals surface area contributed by atoms with Crippen LogP contribution in [0.2, 0.25) is 0 Å². The first-order chi connectivity index (χ1) is 10.5. The third-order valence-electron chi connectivity index (χ3n) is 4.59. The first-order valence-electron chi connectivity index (χ1n) is 7.57. The molecule has 2 aliphatic rings. The summed E-state index contributed by atoms with van der Waals surface area (Å²) in [6.07, 6.45) is 0.0398. The van der Waals surface area contributed by atoms with Crippen molar-refractivity contribution in [2.24, 2.45) is 0 Å². The Labute approximate surface area is 126 Å². The van der Waals surface area contributed by atoms with Gasteiger partial charge in [0.05, 0.1) is 16.9 Å². The quantitative estimate of drug-likeness (QED) is 0.904. The first-order valence-corrected chi connectivity index (χ1v) is 7.57. The van der Waals surface area contributed by atoms with Crippen LogP contribution in [-0.2, 0) is 12.6 Å². The molecular formula is C16H16F3N3. The highest BCUT2D eigenvalue weighted by Gasteiger charge is 2.33. The van der Waals surface area contributed by atoms with Crippen molar-refractivity contribution in [1.82, 2.24) is 9.78 Å². The maximum Gasteiger partial charge on any atom is 0.416 e. The van der Waals surface area contributed by atoms with Crippen molar-refractivity contribution in [2.45, 2.75) is 37.8 Å². The van der Waals surface area contributed by atoms with Gasteiger partial charge in [-0.1, -0.05) is 12.5 Å². The van der Waals surface area contributed by atoms with Crippen molar-refractivity contribution < 1.29 is 13.2 Å². The molecule has 0 radical (unpaired) electrons. The molecule has 1 aliphatic heterocycles. The number of alkyl halides is 3. The van der Waals surface area contributed by atoms with Crippen molar-refractivity contribution in [3.63, 3.8) is 0 Å². The van der Waals surface area contributed by atoms with E-state index in [-0.39, 0.29) is 0 Å². The summed E-state index contributed by atoms with van der Waals surface area (Å²) in [6.45, 7) is 0.825. The summed E-state index contributed by atoms with van der Waals surface area (Å²) in [7, 11) is 0. The van der Waals surface area contributed by atoms with Crippen molar-refractivity contribution in [2.75, 3.05) is 11.9 Å². The van der Waals surface area contributed by atoms with E-state index in [1.54, 1.807) is 10.7 Å².